The number of fused-ring (bicyclic) bond motifs is 1. The fourth-order valence-corrected chi connectivity index (χ4v) is 3.50. The Morgan fingerprint density at radius 2 is 2.10 bits per heavy atom. The Kier molecular flexibility index (Phi) is 3.48. The molecule has 0 aliphatic carbocycles. The standard InChI is InChI=1S/C14H14ClN3OS/c1-8-12-11(19)7-20-14(16-13(12)18(2)17-8)9-3-5-10(15)6-4-9/h3-6,14,16H,7H2,1-2H3. The maximum atomic E-state index is 12.2. The van der Waals surface area contributed by atoms with Crippen molar-refractivity contribution in [3.63, 3.8) is 0 Å². The number of rotatable bonds is 1. The number of anilines is 1. The number of thioether (sulfide) groups is 1. The molecule has 0 saturated heterocycles. The summed E-state index contributed by atoms with van der Waals surface area (Å²) < 4.78 is 1.73. The number of hydrogen-bond acceptors (Lipinski definition) is 4. The molecule has 1 aliphatic rings. The van der Waals surface area contributed by atoms with Gasteiger partial charge in [0.1, 0.15) is 5.82 Å². The highest BCUT2D eigenvalue weighted by atomic mass is 35.5. The normalized spacial score (nSPS) is 18.4. The first kappa shape index (κ1) is 13.5. The highest BCUT2D eigenvalue weighted by Crippen LogP contribution is 2.36. The third kappa shape index (κ3) is 2.31. The maximum absolute atomic E-state index is 12.2. The Morgan fingerprint density at radius 3 is 2.80 bits per heavy atom. The van der Waals surface area contributed by atoms with Crippen LogP contribution in [0.4, 0.5) is 5.82 Å². The lowest BCUT2D eigenvalue weighted by atomic mass is 10.1. The lowest BCUT2D eigenvalue weighted by Crippen LogP contribution is -2.09. The van der Waals surface area contributed by atoms with E-state index in [4.69, 9.17) is 11.6 Å². The lowest BCUT2D eigenvalue weighted by Gasteiger charge is -2.17. The fourth-order valence-electron chi connectivity index (χ4n) is 2.37. The van der Waals surface area contributed by atoms with E-state index in [1.54, 1.807) is 16.4 Å². The lowest BCUT2D eigenvalue weighted by molar-refractivity contribution is 0.102. The average molecular weight is 308 g/mol. The predicted octanol–water partition coefficient (Wildman–Crippen LogP) is 3.42. The molecule has 0 spiro atoms. The van der Waals surface area contributed by atoms with E-state index in [1.165, 1.54) is 0 Å². The van der Waals surface area contributed by atoms with Gasteiger partial charge in [0.25, 0.3) is 0 Å². The number of aromatic nitrogens is 2. The average Bonchev–Trinajstić information content (AvgIpc) is 2.59. The van der Waals surface area contributed by atoms with E-state index < -0.39 is 0 Å². The minimum atomic E-state index is 0.0206. The van der Waals surface area contributed by atoms with Gasteiger partial charge in [0.05, 0.1) is 22.4 Å². The summed E-state index contributed by atoms with van der Waals surface area (Å²) in [5.74, 6) is 1.36. The van der Waals surface area contributed by atoms with Gasteiger partial charge in [0.2, 0.25) is 0 Å². The van der Waals surface area contributed by atoms with Crippen LogP contribution in [0.3, 0.4) is 0 Å². The molecule has 1 atom stereocenters. The summed E-state index contributed by atoms with van der Waals surface area (Å²) in [7, 11) is 1.85. The third-order valence-electron chi connectivity index (χ3n) is 3.32. The largest absolute Gasteiger partial charge is 0.354 e. The van der Waals surface area contributed by atoms with Gasteiger partial charge < -0.3 is 5.32 Å². The Labute approximate surface area is 126 Å². The van der Waals surface area contributed by atoms with Crippen LogP contribution in [0.5, 0.6) is 0 Å². The highest BCUT2D eigenvalue weighted by Gasteiger charge is 2.27. The van der Waals surface area contributed by atoms with E-state index in [-0.39, 0.29) is 11.2 Å². The summed E-state index contributed by atoms with van der Waals surface area (Å²) in [6.45, 7) is 1.87. The molecule has 0 amide bonds. The molecular formula is C14H14ClN3OS. The Bertz CT molecular complexity index is 666. The van der Waals surface area contributed by atoms with Crippen LogP contribution in [0.25, 0.3) is 0 Å². The predicted molar refractivity (Wildman–Crippen MR) is 82.5 cm³/mol. The number of nitrogens with one attached hydrogen (secondary N) is 1. The molecule has 0 bridgehead atoms. The summed E-state index contributed by atoms with van der Waals surface area (Å²) in [5, 5.41) is 8.47. The number of hydrogen-bond donors (Lipinski definition) is 1. The van der Waals surface area contributed by atoms with Gasteiger partial charge in [-0.2, -0.15) is 5.10 Å². The molecule has 0 fully saturated rings. The molecule has 3 rings (SSSR count). The Morgan fingerprint density at radius 1 is 1.40 bits per heavy atom. The number of benzene rings is 1. The van der Waals surface area contributed by atoms with Crippen LogP contribution >= 0.6 is 23.4 Å². The molecule has 4 nitrogen and oxygen atoms in total. The monoisotopic (exact) mass is 307 g/mol. The second kappa shape index (κ2) is 5.14. The summed E-state index contributed by atoms with van der Waals surface area (Å²) >= 11 is 7.51. The summed E-state index contributed by atoms with van der Waals surface area (Å²) in [6.07, 6.45) is 0. The molecular weight excluding hydrogens is 294 g/mol. The number of Topliss-reactive ketones (excluding diaryl/α,β-unsaturated/α-hetero) is 1. The smallest absolute Gasteiger partial charge is 0.178 e. The SMILES string of the molecule is Cc1nn(C)c2c1C(=O)CSC(c1ccc(Cl)cc1)N2. The van der Waals surface area contributed by atoms with Crippen molar-refractivity contribution in [1.29, 1.82) is 0 Å². The van der Waals surface area contributed by atoms with E-state index >= 15 is 0 Å². The minimum Gasteiger partial charge on any atom is -0.354 e. The maximum Gasteiger partial charge on any atom is 0.178 e. The Hall–Kier alpha value is -1.46. The molecule has 1 unspecified atom stereocenters. The minimum absolute atomic E-state index is 0.0206. The molecule has 1 aliphatic heterocycles. The van der Waals surface area contributed by atoms with Crippen molar-refractivity contribution >= 4 is 35.0 Å². The van der Waals surface area contributed by atoms with Crippen molar-refractivity contribution in [3.05, 3.63) is 46.1 Å². The van der Waals surface area contributed by atoms with E-state index in [1.807, 2.05) is 38.2 Å². The van der Waals surface area contributed by atoms with E-state index in [0.29, 0.717) is 16.3 Å². The fraction of sp³-hybridized carbons (Fsp3) is 0.286. The molecule has 6 heteroatoms. The van der Waals surface area contributed by atoms with Crippen LogP contribution in [0, 0.1) is 6.92 Å². The van der Waals surface area contributed by atoms with Gasteiger partial charge >= 0.3 is 0 Å². The van der Waals surface area contributed by atoms with Crippen LogP contribution < -0.4 is 5.32 Å². The van der Waals surface area contributed by atoms with Gasteiger partial charge in [0.15, 0.2) is 5.78 Å². The van der Waals surface area contributed by atoms with Gasteiger partial charge in [-0.25, -0.2) is 0 Å². The molecule has 20 heavy (non-hydrogen) atoms. The number of nitrogens with zero attached hydrogens (tertiary/aromatic N) is 2. The van der Waals surface area contributed by atoms with Crippen LogP contribution in [0.2, 0.25) is 5.02 Å². The second-order valence-corrected chi connectivity index (χ2v) is 6.27. The molecule has 1 N–H and O–H groups in total. The third-order valence-corrected chi connectivity index (χ3v) is 4.73. The topological polar surface area (TPSA) is 46.9 Å². The van der Waals surface area contributed by atoms with Crippen molar-refractivity contribution in [2.75, 3.05) is 11.1 Å². The molecule has 2 aromatic rings. The first-order chi connectivity index (χ1) is 9.56. The van der Waals surface area contributed by atoms with Crippen molar-refractivity contribution in [2.45, 2.75) is 12.3 Å². The second-order valence-electron chi connectivity index (χ2n) is 4.74. The van der Waals surface area contributed by atoms with Gasteiger partial charge in [-0.15, -0.1) is 11.8 Å². The van der Waals surface area contributed by atoms with E-state index in [9.17, 15) is 4.79 Å². The van der Waals surface area contributed by atoms with Crippen molar-refractivity contribution in [1.82, 2.24) is 9.78 Å². The van der Waals surface area contributed by atoms with Crippen LogP contribution in [0.15, 0.2) is 24.3 Å². The molecule has 0 saturated carbocycles. The summed E-state index contributed by atoms with van der Waals surface area (Å²) in [4.78, 5) is 12.2. The van der Waals surface area contributed by atoms with E-state index in [0.717, 1.165) is 17.1 Å². The zero-order chi connectivity index (χ0) is 14.3. The zero-order valence-corrected chi connectivity index (χ0v) is 12.8. The molecule has 0 radical (unpaired) electrons. The van der Waals surface area contributed by atoms with Gasteiger partial charge in [-0.3, -0.25) is 9.48 Å². The first-order valence-corrected chi connectivity index (χ1v) is 7.69. The number of halogens is 1. The van der Waals surface area contributed by atoms with Gasteiger partial charge in [-0.05, 0) is 24.6 Å². The molecule has 104 valence electrons. The van der Waals surface area contributed by atoms with Crippen molar-refractivity contribution in [3.8, 4) is 0 Å². The first-order valence-electron chi connectivity index (χ1n) is 6.26. The molecule has 2 heterocycles. The van der Waals surface area contributed by atoms with Crippen molar-refractivity contribution < 1.29 is 4.79 Å². The summed E-state index contributed by atoms with van der Waals surface area (Å²) in [5.41, 5.74) is 2.58. The molecule has 1 aromatic carbocycles. The zero-order valence-electron chi connectivity index (χ0n) is 11.2. The number of carbonyl (C=O) groups excluding carboxylic acids is 1. The highest BCUT2D eigenvalue weighted by molar-refractivity contribution is 8.00. The van der Waals surface area contributed by atoms with E-state index in [2.05, 4.69) is 10.4 Å². The van der Waals surface area contributed by atoms with Crippen LogP contribution in [0.1, 0.15) is 27.0 Å². The van der Waals surface area contributed by atoms with Gasteiger partial charge in [0, 0.05) is 12.1 Å². The number of aryl methyl sites for hydroxylation is 2. The number of ketones is 1. The number of carbonyl (C=O) groups is 1. The molecule has 1 aromatic heterocycles. The van der Waals surface area contributed by atoms with Crippen LogP contribution in [-0.4, -0.2) is 21.3 Å². The van der Waals surface area contributed by atoms with Crippen LogP contribution in [-0.2, 0) is 7.05 Å². The van der Waals surface area contributed by atoms with Gasteiger partial charge in [-0.1, -0.05) is 23.7 Å². The van der Waals surface area contributed by atoms with Crippen molar-refractivity contribution in [2.24, 2.45) is 7.05 Å². The Balaban J connectivity index is 1.99. The summed E-state index contributed by atoms with van der Waals surface area (Å²) in [6, 6.07) is 7.68. The quantitative estimate of drug-likeness (QED) is 0.877.